The van der Waals surface area contributed by atoms with Crippen LogP contribution in [0.5, 0.6) is 0 Å². The molecule has 0 amide bonds. The molecule has 7 heteroatoms. The SMILES string of the molecule is CC(C)NCCCN(C)S(=O)(=O)NCCc1ccco1. The molecule has 0 bridgehead atoms. The maximum absolute atomic E-state index is 12.0. The van der Waals surface area contributed by atoms with E-state index in [1.54, 1.807) is 19.4 Å². The minimum absolute atomic E-state index is 0.338. The van der Waals surface area contributed by atoms with Gasteiger partial charge in [-0.15, -0.1) is 0 Å². The summed E-state index contributed by atoms with van der Waals surface area (Å²) in [7, 11) is -1.81. The van der Waals surface area contributed by atoms with Crippen LogP contribution >= 0.6 is 0 Å². The Bertz CT molecular complexity index is 457. The van der Waals surface area contributed by atoms with Crippen molar-refractivity contribution in [2.75, 3.05) is 26.7 Å². The molecule has 20 heavy (non-hydrogen) atoms. The zero-order chi connectivity index (χ0) is 15.0. The monoisotopic (exact) mass is 303 g/mol. The summed E-state index contributed by atoms with van der Waals surface area (Å²) in [5, 5.41) is 3.26. The summed E-state index contributed by atoms with van der Waals surface area (Å²) in [6.45, 7) is 5.78. The fraction of sp³-hybridized carbons (Fsp3) is 0.692. The molecule has 0 aliphatic carbocycles. The first-order chi connectivity index (χ1) is 9.42. The van der Waals surface area contributed by atoms with E-state index in [9.17, 15) is 8.42 Å². The van der Waals surface area contributed by atoms with Crippen molar-refractivity contribution in [1.82, 2.24) is 14.3 Å². The van der Waals surface area contributed by atoms with E-state index in [2.05, 4.69) is 23.9 Å². The second-order valence-electron chi connectivity index (χ2n) is 5.01. The fourth-order valence-electron chi connectivity index (χ4n) is 1.68. The Labute approximate surface area is 121 Å². The van der Waals surface area contributed by atoms with E-state index in [0.717, 1.165) is 18.7 Å². The van der Waals surface area contributed by atoms with Crippen molar-refractivity contribution in [1.29, 1.82) is 0 Å². The Morgan fingerprint density at radius 3 is 2.70 bits per heavy atom. The molecule has 6 nitrogen and oxygen atoms in total. The van der Waals surface area contributed by atoms with Crippen LogP contribution in [0.15, 0.2) is 22.8 Å². The molecule has 0 atom stereocenters. The van der Waals surface area contributed by atoms with Crippen LogP contribution < -0.4 is 10.0 Å². The van der Waals surface area contributed by atoms with Gasteiger partial charge in [0.1, 0.15) is 5.76 Å². The molecule has 0 unspecified atom stereocenters. The van der Waals surface area contributed by atoms with Gasteiger partial charge in [0.25, 0.3) is 10.2 Å². The first-order valence-electron chi connectivity index (χ1n) is 6.88. The van der Waals surface area contributed by atoms with Crippen molar-refractivity contribution < 1.29 is 12.8 Å². The molecular weight excluding hydrogens is 278 g/mol. The highest BCUT2D eigenvalue weighted by atomic mass is 32.2. The van der Waals surface area contributed by atoms with Gasteiger partial charge in [0.2, 0.25) is 0 Å². The van der Waals surface area contributed by atoms with Crippen molar-refractivity contribution >= 4 is 10.2 Å². The molecule has 0 saturated heterocycles. The van der Waals surface area contributed by atoms with Crippen LogP contribution in [0.25, 0.3) is 0 Å². The van der Waals surface area contributed by atoms with Gasteiger partial charge in [-0.1, -0.05) is 13.8 Å². The molecule has 0 spiro atoms. The van der Waals surface area contributed by atoms with E-state index in [0.29, 0.717) is 25.6 Å². The van der Waals surface area contributed by atoms with Crippen LogP contribution in [-0.2, 0) is 16.6 Å². The zero-order valence-corrected chi connectivity index (χ0v) is 13.2. The van der Waals surface area contributed by atoms with Crippen molar-refractivity contribution in [3.8, 4) is 0 Å². The minimum atomic E-state index is -3.40. The number of nitrogens with one attached hydrogen (secondary N) is 2. The normalized spacial score (nSPS) is 12.4. The molecule has 0 saturated carbocycles. The third-order valence-corrected chi connectivity index (χ3v) is 4.42. The average Bonchev–Trinajstić information content (AvgIpc) is 2.87. The Balaban J connectivity index is 2.24. The van der Waals surface area contributed by atoms with Gasteiger partial charge in [-0.3, -0.25) is 0 Å². The Hall–Kier alpha value is -0.890. The highest BCUT2D eigenvalue weighted by Gasteiger charge is 2.16. The second kappa shape index (κ2) is 8.41. The Morgan fingerprint density at radius 2 is 2.10 bits per heavy atom. The quantitative estimate of drug-likeness (QED) is 0.632. The third kappa shape index (κ3) is 6.51. The molecule has 0 fully saturated rings. The van der Waals surface area contributed by atoms with Gasteiger partial charge >= 0.3 is 0 Å². The van der Waals surface area contributed by atoms with E-state index >= 15 is 0 Å². The van der Waals surface area contributed by atoms with Crippen LogP contribution in [0.1, 0.15) is 26.0 Å². The van der Waals surface area contributed by atoms with Gasteiger partial charge in [-0.25, -0.2) is 4.72 Å². The number of furan rings is 1. The largest absolute Gasteiger partial charge is 0.469 e. The molecule has 0 aliphatic heterocycles. The van der Waals surface area contributed by atoms with Gasteiger partial charge in [0.05, 0.1) is 6.26 Å². The number of rotatable bonds is 10. The Kier molecular flexibility index (Phi) is 7.22. The second-order valence-corrected chi connectivity index (χ2v) is 6.87. The van der Waals surface area contributed by atoms with Gasteiger partial charge in [-0.05, 0) is 25.1 Å². The number of nitrogens with zero attached hydrogens (tertiary/aromatic N) is 1. The van der Waals surface area contributed by atoms with Crippen molar-refractivity contribution in [3.63, 3.8) is 0 Å². The summed E-state index contributed by atoms with van der Waals surface area (Å²) in [6.07, 6.45) is 2.92. The number of hydrogen-bond acceptors (Lipinski definition) is 4. The third-order valence-electron chi connectivity index (χ3n) is 2.85. The first-order valence-corrected chi connectivity index (χ1v) is 8.32. The highest BCUT2D eigenvalue weighted by molar-refractivity contribution is 7.87. The molecule has 1 aromatic rings. The van der Waals surface area contributed by atoms with Crippen LogP contribution in [0.3, 0.4) is 0 Å². The molecule has 1 rings (SSSR count). The lowest BCUT2D eigenvalue weighted by Crippen LogP contribution is -2.40. The molecular formula is C13H25N3O3S. The molecule has 0 radical (unpaired) electrons. The van der Waals surface area contributed by atoms with E-state index in [4.69, 9.17) is 4.42 Å². The van der Waals surface area contributed by atoms with Crippen molar-refractivity contribution in [3.05, 3.63) is 24.2 Å². The predicted octanol–water partition coefficient (Wildman–Crippen LogP) is 0.976. The van der Waals surface area contributed by atoms with E-state index in [1.165, 1.54) is 4.31 Å². The topological polar surface area (TPSA) is 74.6 Å². The predicted molar refractivity (Wildman–Crippen MR) is 79.7 cm³/mol. The van der Waals surface area contributed by atoms with E-state index in [-0.39, 0.29) is 0 Å². The summed E-state index contributed by atoms with van der Waals surface area (Å²) in [5.41, 5.74) is 0. The van der Waals surface area contributed by atoms with Gasteiger partial charge in [0.15, 0.2) is 0 Å². The lowest BCUT2D eigenvalue weighted by atomic mass is 10.3. The van der Waals surface area contributed by atoms with Gasteiger partial charge in [-0.2, -0.15) is 12.7 Å². The van der Waals surface area contributed by atoms with Gasteiger partial charge < -0.3 is 9.73 Å². The molecule has 2 N–H and O–H groups in total. The summed E-state index contributed by atoms with van der Waals surface area (Å²) in [4.78, 5) is 0. The van der Waals surface area contributed by atoms with E-state index < -0.39 is 10.2 Å². The first kappa shape index (κ1) is 17.2. The summed E-state index contributed by atoms with van der Waals surface area (Å²) in [6, 6.07) is 4.04. The summed E-state index contributed by atoms with van der Waals surface area (Å²) in [5.74, 6) is 0.775. The molecule has 116 valence electrons. The van der Waals surface area contributed by atoms with Crippen LogP contribution in [-0.4, -0.2) is 45.4 Å². The maximum Gasteiger partial charge on any atom is 0.279 e. The van der Waals surface area contributed by atoms with Gasteiger partial charge in [0, 0.05) is 32.6 Å². The maximum atomic E-state index is 12.0. The zero-order valence-electron chi connectivity index (χ0n) is 12.4. The number of hydrogen-bond donors (Lipinski definition) is 2. The van der Waals surface area contributed by atoms with Crippen LogP contribution in [0.4, 0.5) is 0 Å². The van der Waals surface area contributed by atoms with E-state index in [1.807, 2.05) is 6.07 Å². The summed E-state index contributed by atoms with van der Waals surface area (Å²) < 4.78 is 33.0. The summed E-state index contributed by atoms with van der Waals surface area (Å²) >= 11 is 0. The van der Waals surface area contributed by atoms with Crippen LogP contribution in [0, 0.1) is 0 Å². The lowest BCUT2D eigenvalue weighted by molar-refractivity contribution is 0.437. The average molecular weight is 303 g/mol. The van der Waals surface area contributed by atoms with Crippen molar-refractivity contribution in [2.24, 2.45) is 0 Å². The standard InChI is InChI=1S/C13H25N3O3S/c1-12(2)14-8-5-10-16(3)20(17,18)15-9-7-13-6-4-11-19-13/h4,6,11-12,14-15H,5,7-10H2,1-3H3. The Morgan fingerprint density at radius 1 is 1.35 bits per heavy atom. The smallest absolute Gasteiger partial charge is 0.279 e. The molecule has 0 aromatic carbocycles. The lowest BCUT2D eigenvalue weighted by Gasteiger charge is -2.18. The van der Waals surface area contributed by atoms with Crippen molar-refractivity contribution in [2.45, 2.75) is 32.7 Å². The molecule has 1 heterocycles. The minimum Gasteiger partial charge on any atom is -0.469 e. The highest BCUT2D eigenvalue weighted by Crippen LogP contribution is 2.01. The molecule has 1 aromatic heterocycles. The molecule has 0 aliphatic rings. The fourth-order valence-corrected chi connectivity index (χ4v) is 2.63. The van der Waals surface area contributed by atoms with Crippen LogP contribution in [0.2, 0.25) is 0 Å².